The van der Waals surface area contributed by atoms with E-state index in [1.807, 2.05) is 18.2 Å². The van der Waals surface area contributed by atoms with Gasteiger partial charge in [-0.05, 0) is 49.3 Å². The Hall–Kier alpha value is -1.52. The van der Waals surface area contributed by atoms with Gasteiger partial charge >= 0.3 is 0 Å². The number of nitrogens with one attached hydrogen (secondary N) is 2. The second-order valence-corrected chi connectivity index (χ2v) is 6.78. The minimum atomic E-state index is -0.122. The van der Waals surface area contributed by atoms with E-state index in [-0.39, 0.29) is 17.8 Å². The molecular weight excluding hydrogens is 300 g/mol. The lowest BCUT2D eigenvalue weighted by Crippen LogP contribution is -2.30. The van der Waals surface area contributed by atoms with Gasteiger partial charge in [-0.15, -0.1) is 0 Å². The second kappa shape index (κ2) is 5.60. The SMILES string of the molecule is O=c1[nH][nH]c2c1[C@H](CCc1cccc(Cl)c1)O[C@H](C1CC1)C2. The van der Waals surface area contributed by atoms with E-state index < -0.39 is 0 Å². The zero-order chi connectivity index (χ0) is 15.1. The van der Waals surface area contributed by atoms with Gasteiger partial charge in [-0.25, -0.2) is 0 Å². The molecule has 1 aliphatic heterocycles. The van der Waals surface area contributed by atoms with Crippen LogP contribution in [0.15, 0.2) is 29.1 Å². The number of H-pyrrole nitrogens is 2. The fourth-order valence-electron chi connectivity index (χ4n) is 3.38. The van der Waals surface area contributed by atoms with Crippen LogP contribution in [0.3, 0.4) is 0 Å². The highest BCUT2D eigenvalue weighted by atomic mass is 35.5. The maximum Gasteiger partial charge on any atom is 0.269 e. The van der Waals surface area contributed by atoms with Gasteiger partial charge in [-0.3, -0.25) is 9.89 Å². The van der Waals surface area contributed by atoms with Crippen molar-refractivity contribution in [1.29, 1.82) is 0 Å². The number of aromatic nitrogens is 2. The summed E-state index contributed by atoms with van der Waals surface area (Å²) in [6, 6.07) is 7.88. The van der Waals surface area contributed by atoms with Gasteiger partial charge in [0.05, 0.1) is 17.8 Å². The Bertz CT molecular complexity index is 732. The molecule has 2 N–H and O–H groups in total. The molecule has 2 aromatic rings. The van der Waals surface area contributed by atoms with Crippen molar-refractivity contribution in [3.8, 4) is 0 Å². The summed E-state index contributed by atoms with van der Waals surface area (Å²) in [6.45, 7) is 0. The summed E-state index contributed by atoms with van der Waals surface area (Å²) in [5.41, 5.74) is 2.96. The van der Waals surface area contributed by atoms with Gasteiger partial charge in [0.2, 0.25) is 0 Å². The number of fused-ring (bicyclic) bond motifs is 1. The molecule has 2 atom stereocenters. The maximum absolute atomic E-state index is 12.0. The van der Waals surface area contributed by atoms with Crippen molar-refractivity contribution in [3.05, 3.63) is 56.5 Å². The smallest absolute Gasteiger partial charge is 0.269 e. The molecule has 0 amide bonds. The molecule has 0 bridgehead atoms. The van der Waals surface area contributed by atoms with Crippen molar-refractivity contribution in [2.24, 2.45) is 5.92 Å². The molecule has 0 spiro atoms. The predicted octanol–water partition coefficient (Wildman–Crippen LogP) is 3.38. The molecule has 0 radical (unpaired) electrons. The van der Waals surface area contributed by atoms with Crippen molar-refractivity contribution in [2.75, 3.05) is 0 Å². The molecule has 4 nitrogen and oxygen atoms in total. The van der Waals surface area contributed by atoms with Crippen molar-refractivity contribution in [1.82, 2.24) is 10.2 Å². The monoisotopic (exact) mass is 318 g/mol. The van der Waals surface area contributed by atoms with E-state index >= 15 is 0 Å². The second-order valence-electron chi connectivity index (χ2n) is 6.34. The fourth-order valence-corrected chi connectivity index (χ4v) is 3.60. The van der Waals surface area contributed by atoms with Gasteiger partial charge in [0, 0.05) is 17.1 Å². The number of hydrogen-bond acceptors (Lipinski definition) is 2. The van der Waals surface area contributed by atoms with E-state index in [0.717, 1.165) is 35.5 Å². The first kappa shape index (κ1) is 14.1. The summed E-state index contributed by atoms with van der Waals surface area (Å²) in [4.78, 5) is 12.0. The minimum absolute atomic E-state index is 0.0414. The normalized spacial score (nSPS) is 24.2. The van der Waals surface area contributed by atoms with Crippen LogP contribution in [0.4, 0.5) is 0 Å². The van der Waals surface area contributed by atoms with Crippen LogP contribution < -0.4 is 5.56 Å². The molecule has 1 saturated carbocycles. The molecule has 1 aromatic carbocycles. The Morgan fingerprint density at radius 3 is 2.91 bits per heavy atom. The number of benzene rings is 1. The number of hydrogen-bond donors (Lipinski definition) is 2. The van der Waals surface area contributed by atoms with E-state index in [4.69, 9.17) is 16.3 Å². The molecule has 4 rings (SSSR count). The average molecular weight is 319 g/mol. The zero-order valence-electron chi connectivity index (χ0n) is 12.3. The third-order valence-electron chi connectivity index (χ3n) is 4.70. The largest absolute Gasteiger partial charge is 0.369 e. The summed E-state index contributed by atoms with van der Waals surface area (Å²) in [6.07, 6.45) is 5.11. The van der Waals surface area contributed by atoms with Crippen LogP contribution in [-0.4, -0.2) is 16.3 Å². The van der Waals surface area contributed by atoms with Crippen molar-refractivity contribution in [3.63, 3.8) is 0 Å². The van der Waals surface area contributed by atoms with Crippen LogP contribution in [-0.2, 0) is 17.6 Å². The van der Waals surface area contributed by atoms with Crippen LogP contribution in [0.5, 0.6) is 0 Å². The van der Waals surface area contributed by atoms with Gasteiger partial charge in [0.25, 0.3) is 5.56 Å². The lowest BCUT2D eigenvalue weighted by atomic mass is 9.95. The predicted molar refractivity (Wildman–Crippen MR) is 85.2 cm³/mol. The Balaban J connectivity index is 1.54. The van der Waals surface area contributed by atoms with E-state index in [9.17, 15) is 4.79 Å². The summed E-state index contributed by atoms with van der Waals surface area (Å²) in [5, 5.41) is 6.50. The number of aryl methyl sites for hydroxylation is 1. The highest BCUT2D eigenvalue weighted by Gasteiger charge is 2.39. The van der Waals surface area contributed by atoms with Crippen LogP contribution in [0.1, 0.15) is 42.2 Å². The Morgan fingerprint density at radius 2 is 2.14 bits per heavy atom. The van der Waals surface area contributed by atoms with Gasteiger partial charge in [0.15, 0.2) is 0 Å². The van der Waals surface area contributed by atoms with Crippen molar-refractivity contribution in [2.45, 2.75) is 44.3 Å². The molecule has 1 aliphatic carbocycles. The number of aromatic amines is 2. The zero-order valence-corrected chi connectivity index (χ0v) is 13.0. The van der Waals surface area contributed by atoms with Gasteiger partial charge < -0.3 is 9.84 Å². The molecular formula is C17H19ClN2O2. The van der Waals surface area contributed by atoms with Crippen molar-refractivity contribution < 1.29 is 4.74 Å². The molecule has 2 heterocycles. The first-order chi connectivity index (χ1) is 10.7. The number of halogens is 1. The number of ether oxygens (including phenoxy) is 1. The van der Waals surface area contributed by atoms with Crippen molar-refractivity contribution >= 4 is 11.6 Å². The molecule has 0 unspecified atom stereocenters. The third kappa shape index (κ3) is 2.73. The molecule has 1 aromatic heterocycles. The lowest BCUT2D eigenvalue weighted by molar-refractivity contribution is -0.0415. The highest BCUT2D eigenvalue weighted by molar-refractivity contribution is 6.30. The molecule has 5 heteroatoms. The number of rotatable bonds is 4. The average Bonchev–Trinajstić information content (AvgIpc) is 3.29. The topological polar surface area (TPSA) is 57.9 Å². The summed E-state index contributed by atoms with van der Waals surface area (Å²) < 4.78 is 6.25. The lowest BCUT2D eigenvalue weighted by Gasteiger charge is -2.29. The Kier molecular flexibility index (Phi) is 3.59. The standard InChI is InChI=1S/C17H19ClN2O2/c18-12-3-1-2-10(8-12)4-7-14-16-13(19-20-17(16)21)9-15(22-14)11-5-6-11/h1-3,8,11,14-15H,4-7,9H2,(H2,19,20,21)/t14-,15-/m0/s1. The van der Waals surface area contributed by atoms with Gasteiger partial charge in [-0.2, -0.15) is 0 Å². The molecule has 1 fully saturated rings. The van der Waals surface area contributed by atoms with E-state index in [1.165, 1.54) is 18.4 Å². The molecule has 116 valence electrons. The fraction of sp³-hybridized carbons (Fsp3) is 0.471. The third-order valence-corrected chi connectivity index (χ3v) is 4.93. The summed E-state index contributed by atoms with van der Waals surface area (Å²) >= 11 is 6.04. The summed E-state index contributed by atoms with van der Waals surface area (Å²) in [5.74, 6) is 0.667. The first-order valence-corrected chi connectivity index (χ1v) is 8.28. The van der Waals surface area contributed by atoms with E-state index in [2.05, 4.69) is 16.3 Å². The minimum Gasteiger partial charge on any atom is -0.369 e. The first-order valence-electron chi connectivity index (χ1n) is 7.90. The Morgan fingerprint density at radius 1 is 1.27 bits per heavy atom. The Labute approximate surface area is 133 Å². The van der Waals surface area contributed by atoms with Gasteiger partial charge in [-0.1, -0.05) is 23.7 Å². The summed E-state index contributed by atoms with van der Waals surface area (Å²) in [7, 11) is 0. The maximum atomic E-state index is 12.0. The molecule has 0 saturated heterocycles. The van der Waals surface area contributed by atoms with Crippen LogP contribution in [0, 0.1) is 5.92 Å². The van der Waals surface area contributed by atoms with E-state index in [0.29, 0.717) is 5.92 Å². The van der Waals surface area contributed by atoms with E-state index in [1.54, 1.807) is 0 Å². The van der Waals surface area contributed by atoms with Crippen LogP contribution in [0.25, 0.3) is 0 Å². The van der Waals surface area contributed by atoms with Crippen LogP contribution in [0.2, 0.25) is 5.02 Å². The van der Waals surface area contributed by atoms with Gasteiger partial charge in [0.1, 0.15) is 0 Å². The van der Waals surface area contributed by atoms with Crippen LogP contribution >= 0.6 is 11.6 Å². The molecule has 22 heavy (non-hydrogen) atoms. The highest BCUT2D eigenvalue weighted by Crippen LogP contribution is 2.41. The molecule has 2 aliphatic rings. The quantitative estimate of drug-likeness (QED) is 0.908.